The number of carbonyl (C=O) groups excluding carboxylic acids is 1. The second kappa shape index (κ2) is 5.34. The van der Waals surface area contributed by atoms with Gasteiger partial charge in [0.2, 0.25) is 0 Å². The third-order valence-corrected chi connectivity index (χ3v) is 2.41. The van der Waals surface area contributed by atoms with E-state index in [4.69, 9.17) is 10.5 Å². The van der Waals surface area contributed by atoms with Gasteiger partial charge in [0.15, 0.2) is 11.6 Å². The fraction of sp³-hybridized carbons (Fsp3) is 0.0769. The number of ether oxygens (including phenoxy) is 1. The Kier molecular flexibility index (Phi) is 3.61. The number of nitrogens with zero attached hydrogens (tertiary/aromatic N) is 1. The normalized spacial score (nSPS) is 10.0. The maximum Gasteiger partial charge on any atom is 0.274 e. The lowest BCUT2D eigenvalue weighted by molar-refractivity contribution is 0.102. The molecule has 2 aromatic rings. The molecule has 0 aliphatic rings. The number of benzene rings is 1. The smallest absolute Gasteiger partial charge is 0.274 e. The topological polar surface area (TPSA) is 77.2 Å². The number of carbonyl (C=O) groups is 1. The van der Waals surface area contributed by atoms with Crippen molar-refractivity contribution in [3.05, 3.63) is 47.9 Å². The number of pyridine rings is 1. The fourth-order valence-electron chi connectivity index (χ4n) is 1.52. The number of amides is 1. The van der Waals surface area contributed by atoms with Crippen molar-refractivity contribution in [2.45, 2.75) is 0 Å². The van der Waals surface area contributed by atoms with Crippen molar-refractivity contribution in [1.29, 1.82) is 0 Å². The monoisotopic (exact) mass is 261 g/mol. The molecule has 0 fully saturated rings. The van der Waals surface area contributed by atoms with Crippen LogP contribution in [-0.4, -0.2) is 18.0 Å². The van der Waals surface area contributed by atoms with Gasteiger partial charge in [-0.15, -0.1) is 0 Å². The summed E-state index contributed by atoms with van der Waals surface area (Å²) >= 11 is 0. The first-order valence-electron chi connectivity index (χ1n) is 5.47. The molecule has 6 heteroatoms. The minimum absolute atomic E-state index is 0.111. The summed E-state index contributed by atoms with van der Waals surface area (Å²) in [5, 5.41) is 2.53. The molecule has 0 saturated carbocycles. The van der Waals surface area contributed by atoms with E-state index in [2.05, 4.69) is 10.3 Å². The first kappa shape index (κ1) is 12.8. The highest BCUT2D eigenvalue weighted by Gasteiger charge is 2.10. The van der Waals surface area contributed by atoms with Gasteiger partial charge in [0, 0.05) is 11.8 Å². The van der Waals surface area contributed by atoms with Crippen LogP contribution in [0.5, 0.6) is 5.75 Å². The van der Waals surface area contributed by atoms with Gasteiger partial charge in [-0.05, 0) is 24.3 Å². The molecule has 1 heterocycles. The quantitative estimate of drug-likeness (QED) is 0.886. The molecule has 2 rings (SSSR count). The minimum Gasteiger partial charge on any atom is -0.494 e. The van der Waals surface area contributed by atoms with E-state index >= 15 is 0 Å². The summed E-state index contributed by atoms with van der Waals surface area (Å²) < 4.78 is 18.2. The van der Waals surface area contributed by atoms with E-state index in [-0.39, 0.29) is 17.3 Å². The van der Waals surface area contributed by atoms with Crippen LogP contribution >= 0.6 is 0 Å². The molecule has 5 nitrogen and oxygen atoms in total. The summed E-state index contributed by atoms with van der Waals surface area (Å²) in [6, 6.07) is 8.84. The van der Waals surface area contributed by atoms with Crippen LogP contribution in [-0.2, 0) is 0 Å². The van der Waals surface area contributed by atoms with E-state index in [0.29, 0.717) is 5.69 Å². The lowest BCUT2D eigenvalue weighted by atomic mass is 10.2. The van der Waals surface area contributed by atoms with Gasteiger partial charge in [-0.25, -0.2) is 9.37 Å². The first-order valence-corrected chi connectivity index (χ1v) is 5.47. The highest BCUT2D eigenvalue weighted by atomic mass is 19.1. The predicted octanol–water partition coefficient (Wildman–Crippen LogP) is 2.06. The molecule has 1 aromatic heterocycles. The molecule has 0 bridgehead atoms. The molecule has 3 N–H and O–H groups in total. The fourth-order valence-corrected chi connectivity index (χ4v) is 1.52. The van der Waals surface area contributed by atoms with Crippen molar-refractivity contribution in [2.24, 2.45) is 0 Å². The predicted molar refractivity (Wildman–Crippen MR) is 69.6 cm³/mol. The van der Waals surface area contributed by atoms with Crippen molar-refractivity contribution < 1.29 is 13.9 Å². The molecule has 0 unspecified atom stereocenters. The average Bonchev–Trinajstić information content (AvgIpc) is 2.39. The van der Waals surface area contributed by atoms with Gasteiger partial charge >= 0.3 is 0 Å². The Morgan fingerprint density at radius 3 is 2.79 bits per heavy atom. The minimum atomic E-state index is -0.555. The molecule has 1 aromatic carbocycles. The van der Waals surface area contributed by atoms with Gasteiger partial charge in [-0.3, -0.25) is 4.79 Å². The summed E-state index contributed by atoms with van der Waals surface area (Å²) in [7, 11) is 1.37. The highest BCUT2D eigenvalue weighted by molar-refractivity contribution is 6.03. The summed E-state index contributed by atoms with van der Waals surface area (Å²) in [5.41, 5.74) is 5.96. The molecule has 0 spiro atoms. The van der Waals surface area contributed by atoms with Crippen LogP contribution in [0.2, 0.25) is 0 Å². The van der Waals surface area contributed by atoms with E-state index in [9.17, 15) is 9.18 Å². The third-order valence-electron chi connectivity index (χ3n) is 2.41. The Morgan fingerprint density at radius 2 is 2.16 bits per heavy atom. The van der Waals surface area contributed by atoms with E-state index in [1.807, 2.05) is 0 Å². The van der Waals surface area contributed by atoms with Gasteiger partial charge < -0.3 is 15.8 Å². The van der Waals surface area contributed by atoms with Crippen LogP contribution in [0.3, 0.4) is 0 Å². The summed E-state index contributed by atoms with van der Waals surface area (Å²) in [5.74, 6) is -0.661. The standard InChI is InChI=1S/C13H12FN3O2/c1-19-11-6-5-8(7-9(11)14)16-13(18)10-3-2-4-12(15)17-10/h2-7H,1H3,(H2,15,17)(H,16,18). The Balaban J connectivity index is 2.17. The number of methoxy groups -OCH3 is 1. The van der Waals surface area contributed by atoms with Gasteiger partial charge in [0.05, 0.1) is 7.11 Å². The Labute approximate surface area is 109 Å². The zero-order chi connectivity index (χ0) is 13.8. The van der Waals surface area contributed by atoms with Gasteiger partial charge in [-0.2, -0.15) is 0 Å². The average molecular weight is 261 g/mol. The maximum absolute atomic E-state index is 13.5. The molecule has 0 aliphatic carbocycles. The van der Waals surface area contributed by atoms with Crippen LogP contribution in [0.4, 0.5) is 15.9 Å². The maximum atomic E-state index is 13.5. The second-order valence-corrected chi connectivity index (χ2v) is 3.75. The third kappa shape index (κ3) is 2.98. The number of hydrogen-bond donors (Lipinski definition) is 2. The first-order chi connectivity index (χ1) is 9.10. The lowest BCUT2D eigenvalue weighted by Gasteiger charge is -2.07. The number of aromatic nitrogens is 1. The molecular formula is C13H12FN3O2. The van der Waals surface area contributed by atoms with Crippen LogP contribution in [0.25, 0.3) is 0 Å². The number of rotatable bonds is 3. The molecule has 0 atom stereocenters. The van der Waals surface area contributed by atoms with Crippen LogP contribution in [0.1, 0.15) is 10.5 Å². The Bertz CT molecular complexity index is 617. The van der Waals surface area contributed by atoms with Crippen LogP contribution in [0, 0.1) is 5.82 Å². The van der Waals surface area contributed by atoms with Crippen molar-refractivity contribution >= 4 is 17.4 Å². The zero-order valence-corrected chi connectivity index (χ0v) is 10.2. The molecular weight excluding hydrogens is 249 g/mol. The summed E-state index contributed by atoms with van der Waals surface area (Å²) in [6.07, 6.45) is 0. The number of hydrogen-bond acceptors (Lipinski definition) is 4. The second-order valence-electron chi connectivity index (χ2n) is 3.75. The van der Waals surface area contributed by atoms with E-state index in [0.717, 1.165) is 0 Å². The van der Waals surface area contributed by atoms with Gasteiger partial charge in [-0.1, -0.05) is 6.07 Å². The number of nitrogens with one attached hydrogen (secondary N) is 1. The number of nitrogens with two attached hydrogens (primary N) is 1. The SMILES string of the molecule is COc1ccc(NC(=O)c2cccc(N)n2)cc1F. The summed E-state index contributed by atoms with van der Waals surface area (Å²) in [4.78, 5) is 15.7. The number of nitrogen functional groups attached to an aromatic ring is 1. The molecule has 0 saturated heterocycles. The lowest BCUT2D eigenvalue weighted by Crippen LogP contribution is -2.14. The van der Waals surface area contributed by atoms with Gasteiger partial charge in [0.1, 0.15) is 11.5 Å². The molecule has 0 aliphatic heterocycles. The van der Waals surface area contributed by atoms with E-state index in [1.54, 1.807) is 12.1 Å². The van der Waals surface area contributed by atoms with Crippen molar-refractivity contribution in [1.82, 2.24) is 4.98 Å². The highest BCUT2D eigenvalue weighted by Crippen LogP contribution is 2.20. The largest absolute Gasteiger partial charge is 0.494 e. The van der Waals surface area contributed by atoms with Crippen LogP contribution in [0.15, 0.2) is 36.4 Å². The Morgan fingerprint density at radius 1 is 1.37 bits per heavy atom. The molecule has 98 valence electrons. The van der Waals surface area contributed by atoms with Crippen LogP contribution < -0.4 is 15.8 Å². The number of halogens is 1. The zero-order valence-electron chi connectivity index (χ0n) is 10.2. The van der Waals surface area contributed by atoms with E-state index in [1.165, 1.54) is 31.4 Å². The van der Waals surface area contributed by atoms with Crippen molar-refractivity contribution in [3.63, 3.8) is 0 Å². The van der Waals surface area contributed by atoms with E-state index < -0.39 is 11.7 Å². The molecule has 19 heavy (non-hydrogen) atoms. The summed E-state index contributed by atoms with van der Waals surface area (Å²) in [6.45, 7) is 0. The number of anilines is 2. The van der Waals surface area contributed by atoms with Gasteiger partial charge in [0.25, 0.3) is 5.91 Å². The molecule has 1 amide bonds. The van der Waals surface area contributed by atoms with Crippen molar-refractivity contribution in [2.75, 3.05) is 18.2 Å². The van der Waals surface area contributed by atoms with Crippen molar-refractivity contribution in [3.8, 4) is 5.75 Å². The molecule has 0 radical (unpaired) electrons. The Hall–Kier alpha value is -2.63.